The Morgan fingerprint density at radius 3 is 2.76 bits per heavy atom. The number of rotatable bonds is 2. The lowest BCUT2D eigenvalue weighted by molar-refractivity contribution is 0.533. The van der Waals surface area contributed by atoms with Crippen LogP contribution in [0.3, 0.4) is 0 Å². The standard InChI is InChI=1S/C15H16FN3OS/c1-8(2)19-14-12(15(20)18-19)13(21-9(3)17-14)10-6-4-5-7-11(10)16/h4-8,13H,1-3H3,(H,18,20). The Hall–Kier alpha value is -1.82. The van der Waals surface area contributed by atoms with Crippen LogP contribution in [0.1, 0.15) is 43.2 Å². The zero-order valence-electron chi connectivity index (χ0n) is 12.1. The summed E-state index contributed by atoms with van der Waals surface area (Å²) in [5, 5.41) is 3.28. The molecule has 1 unspecified atom stereocenters. The van der Waals surface area contributed by atoms with E-state index in [0.717, 1.165) is 5.04 Å². The van der Waals surface area contributed by atoms with E-state index in [-0.39, 0.29) is 22.7 Å². The molecule has 0 fully saturated rings. The van der Waals surface area contributed by atoms with Gasteiger partial charge < -0.3 is 0 Å². The van der Waals surface area contributed by atoms with Crippen molar-refractivity contribution in [3.63, 3.8) is 0 Å². The van der Waals surface area contributed by atoms with Crippen LogP contribution in [0.5, 0.6) is 0 Å². The van der Waals surface area contributed by atoms with Crippen molar-refractivity contribution < 1.29 is 4.39 Å². The number of aromatic amines is 1. The summed E-state index contributed by atoms with van der Waals surface area (Å²) >= 11 is 1.41. The zero-order valence-corrected chi connectivity index (χ0v) is 12.9. The summed E-state index contributed by atoms with van der Waals surface area (Å²) in [4.78, 5) is 16.8. The number of thioether (sulfide) groups is 1. The molecule has 0 saturated carbocycles. The minimum atomic E-state index is -0.359. The highest BCUT2D eigenvalue weighted by atomic mass is 32.2. The van der Waals surface area contributed by atoms with Crippen LogP contribution < -0.4 is 5.56 Å². The summed E-state index contributed by atoms with van der Waals surface area (Å²) < 4.78 is 15.9. The molecule has 2 aromatic rings. The summed E-state index contributed by atoms with van der Waals surface area (Å²) in [5.74, 6) is 0.312. The fourth-order valence-corrected chi connectivity index (χ4v) is 3.62. The molecule has 0 aliphatic carbocycles. The largest absolute Gasteiger partial charge is 0.271 e. The highest BCUT2D eigenvalue weighted by molar-refractivity contribution is 8.14. The minimum Gasteiger partial charge on any atom is -0.268 e. The average Bonchev–Trinajstić information content (AvgIpc) is 2.76. The first-order chi connectivity index (χ1) is 9.99. The maximum atomic E-state index is 14.1. The second-order valence-corrected chi connectivity index (χ2v) is 6.59. The van der Waals surface area contributed by atoms with Gasteiger partial charge in [-0.2, -0.15) is 0 Å². The molecule has 1 aromatic carbocycles. The highest BCUT2D eigenvalue weighted by Crippen LogP contribution is 2.44. The Labute approximate surface area is 126 Å². The smallest absolute Gasteiger partial charge is 0.268 e. The van der Waals surface area contributed by atoms with Crippen molar-refractivity contribution in [1.82, 2.24) is 9.78 Å². The van der Waals surface area contributed by atoms with Gasteiger partial charge in [-0.05, 0) is 26.8 Å². The van der Waals surface area contributed by atoms with Crippen LogP contribution in [0.15, 0.2) is 34.1 Å². The Kier molecular flexibility index (Phi) is 3.49. The number of H-pyrrole nitrogens is 1. The molecule has 0 radical (unpaired) electrons. The third-order valence-electron chi connectivity index (χ3n) is 3.45. The molecule has 0 saturated heterocycles. The Morgan fingerprint density at radius 1 is 1.38 bits per heavy atom. The molecule has 21 heavy (non-hydrogen) atoms. The molecule has 3 rings (SSSR count). The lowest BCUT2D eigenvalue weighted by Crippen LogP contribution is -2.14. The topological polar surface area (TPSA) is 50.1 Å². The normalized spacial score (nSPS) is 17.8. The van der Waals surface area contributed by atoms with E-state index in [0.29, 0.717) is 16.9 Å². The molecule has 110 valence electrons. The number of fused-ring (bicyclic) bond motifs is 1. The molecule has 4 nitrogen and oxygen atoms in total. The van der Waals surface area contributed by atoms with Crippen molar-refractivity contribution >= 4 is 22.6 Å². The van der Waals surface area contributed by atoms with Gasteiger partial charge in [0.05, 0.1) is 15.9 Å². The number of aliphatic imine (C=N–C) groups is 1. The summed E-state index contributed by atoms with van der Waals surface area (Å²) in [6.07, 6.45) is 0. The molecular weight excluding hydrogens is 289 g/mol. The molecule has 1 N–H and O–H groups in total. The van der Waals surface area contributed by atoms with Crippen molar-refractivity contribution in [1.29, 1.82) is 0 Å². The van der Waals surface area contributed by atoms with Gasteiger partial charge in [-0.3, -0.25) is 14.6 Å². The van der Waals surface area contributed by atoms with Crippen molar-refractivity contribution in [3.05, 3.63) is 51.6 Å². The molecule has 0 amide bonds. The highest BCUT2D eigenvalue weighted by Gasteiger charge is 2.31. The Morgan fingerprint density at radius 2 is 2.10 bits per heavy atom. The van der Waals surface area contributed by atoms with Gasteiger partial charge in [0.15, 0.2) is 5.82 Å². The van der Waals surface area contributed by atoms with E-state index in [1.54, 1.807) is 22.9 Å². The maximum Gasteiger partial charge on any atom is 0.271 e. The molecule has 1 aromatic heterocycles. The second kappa shape index (κ2) is 5.18. The van der Waals surface area contributed by atoms with Crippen molar-refractivity contribution in [2.45, 2.75) is 32.1 Å². The third-order valence-corrected chi connectivity index (χ3v) is 4.61. The molecule has 0 bridgehead atoms. The van der Waals surface area contributed by atoms with E-state index >= 15 is 0 Å². The van der Waals surface area contributed by atoms with E-state index in [4.69, 9.17) is 0 Å². The van der Waals surface area contributed by atoms with Crippen LogP contribution in [0.4, 0.5) is 10.2 Å². The van der Waals surface area contributed by atoms with Gasteiger partial charge in [-0.25, -0.2) is 9.38 Å². The fraction of sp³-hybridized carbons (Fsp3) is 0.333. The van der Waals surface area contributed by atoms with Crippen LogP contribution in [0.2, 0.25) is 0 Å². The first-order valence-corrected chi connectivity index (χ1v) is 7.67. The summed E-state index contributed by atoms with van der Waals surface area (Å²) in [5.41, 5.74) is 0.852. The van der Waals surface area contributed by atoms with E-state index in [1.165, 1.54) is 17.8 Å². The fourth-order valence-electron chi connectivity index (χ4n) is 2.49. The van der Waals surface area contributed by atoms with Crippen LogP contribution >= 0.6 is 11.8 Å². The van der Waals surface area contributed by atoms with E-state index < -0.39 is 0 Å². The molecule has 0 spiro atoms. The van der Waals surface area contributed by atoms with Gasteiger partial charge >= 0.3 is 0 Å². The number of nitrogens with zero attached hydrogens (tertiary/aromatic N) is 2. The molecular formula is C15H16FN3OS. The first-order valence-electron chi connectivity index (χ1n) is 6.79. The molecule has 1 aliphatic rings. The number of hydrogen-bond donors (Lipinski definition) is 1. The van der Waals surface area contributed by atoms with E-state index in [1.807, 2.05) is 20.8 Å². The number of aromatic nitrogens is 2. The maximum absolute atomic E-state index is 14.1. The SMILES string of the molecule is CC1=Nc2c(c(=O)[nH]n2C(C)C)C(c2ccccc2F)S1. The van der Waals surface area contributed by atoms with E-state index in [2.05, 4.69) is 10.1 Å². The van der Waals surface area contributed by atoms with Crippen molar-refractivity contribution in [2.24, 2.45) is 4.99 Å². The minimum absolute atomic E-state index is 0.0855. The monoisotopic (exact) mass is 305 g/mol. The number of hydrogen-bond acceptors (Lipinski definition) is 3. The second-order valence-electron chi connectivity index (χ2n) is 5.29. The van der Waals surface area contributed by atoms with Gasteiger partial charge in [-0.1, -0.05) is 30.0 Å². The molecule has 1 atom stereocenters. The summed E-state index contributed by atoms with van der Waals surface area (Å²) in [6.45, 7) is 5.82. The third kappa shape index (κ3) is 2.33. The summed E-state index contributed by atoms with van der Waals surface area (Å²) in [6, 6.07) is 6.67. The van der Waals surface area contributed by atoms with Crippen LogP contribution in [-0.4, -0.2) is 14.8 Å². The lowest BCUT2D eigenvalue weighted by Gasteiger charge is -2.21. The lowest BCUT2D eigenvalue weighted by atomic mass is 10.1. The van der Waals surface area contributed by atoms with Crippen LogP contribution in [-0.2, 0) is 0 Å². The van der Waals surface area contributed by atoms with E-state index in [9.17, 15) is 9.18 Å². The molecule has 2 heterocycles. The van der Waals surface area contributed by atoms with Crippen LogP contribution in [0.25, 0.3) is 0 Å². The quantitative estimate of drug-likeness (QED) is 0.918. The predicted octanol–water partition coefficient (Wildman–Crippen LogP) is 3.78. The van der Waals surface area contributed by atoms with Gasteiger partial charge in [0.1, 0.15) is 5.82 Å². The van der Waals surface area contributed by atoms with Crippen molar-refractivity contribution in [3.8, 4) is 0 Å². The van der Waals surface area contributed by atoms with Crippen molar-refractivity contribution in [2.75, 3.05) is 0 Å². The number of nitrogens with one attached hydrogen (secondary N) is 1. The zero-order chi connectivity index (χ0) is 15.1. The Balaban J connectivity index is 2.23. The van der Waals surface area contributed by atoms with Gasteiger partial charge in [0.25, 0.3) is 5.56 Å². The number of benzene rings is 1. The summed E-state index contributed by atoms with van der Waals surface area (Å²) in [7, 11) is 0. The molecule has 6 heteroatoms. The predicted molar refractivity (Wildman–Crippen MR) is 84.0 cm³/mol. The van der Waals surface area contributed by atoms with Gasteiger partial charge in [0, 0.05) is 11.6 Å². The Bertz CT molecular complexity index is 775. The van der Waals surface area contributed by atoms with Gasteiger partial charge in [0.2, 0.25) is 0 Å². The average molecular weight is 305 g/mol. The van der Waals surface area contributed by atoms with Gasteiger partial charge in [-0.15, -0.1) is 0 Å². The number of halogens is 1. The molecule has 1 aliphatic heterocycles. The van der Waals surface area contributed by atoms with Crippen LogP contribution in [0, 0.1) is 5.82 Å². The first kappa shape index (κ1) is 14.1.